The largest absolute Gasteiger partial charge is 0.507 e. The van der Waals surface area contributed by atoms with Gasteiger partial charge >= 0.3 is 0 Å². The van der Waals surface area contributed by atoms with Crippen molar-refractivity contribution in [3.05, 3.63) is 62.6 Å². The molecule has 4 nitrogen and oxygen atoms in total. The molecule has 1 amide bonds. The summed E-state index contributed by atoms with van der Waals surface area (Å²) in [6, 6.07) is 8.14. The second-order valence-electron chi connectivity index (χ2n) is 4.83. The van der Waals surface area contributed by atoms with Gasteiger partial charge in [-0.15, -0.1) is 0 Å². The summed E-state index contributed by atoms with van der Waals surface area (Å²) in [5.74, 6) is -0.126. The van der Waals surface area contributed by atoms with E-state index in [1.165, 1.54) is 12.3 Å². The van der Waals surface area contributed by atoms with Gasteiger partial charge in [-0.1, -0.05) is 23.2 Å². The number of phenols is 1. The molecule has 0 bridgehead atoms. The number of carbonyl (C=O) groups excluding carboxylic acids is 1. The maximum atomic E-state index is 11.9. The zero-order chi connectivity index (χ0) is 16.3. The fraction of sp³-hybridized carbons (Fsp3) is 0.125. The summed E-state index contributed by atoms with van der Waals surface area (Å²) in [4.78, 5) is 11.9. The van der Waals surface area contributed by atoms with Gasteiger partial charge in [-0.05, 0) is 60.9 Å². The summed E-state index contributed by atoms with van der Waals surface area (Å²) < 4.78 is 0. The number of halogens is 2. The molecular formula is C16H14Cl2N2O2. The van der Waals surface area contributed by atoms with Crippen molar-refractivity contribution in [2.45, 2.75) is 13.8 Å². The van der Waals surface area contributed by atoms with Crippen LogP contribution in [0.3, 0.4) is 0 Å². The smallest absolute Gasteiger partial charge is 0.271 e. The zero-order valence-corrected chi connectivity index (χ0v) is 13.5. The Kier molecular flexibility index (Phi) is 5.06. The van der Waals surface area contributed by atoms with Gasteiger partial charge in [-0.3, -0.25) is 4.79 Å². The van der Waals surface area contributed by atoms with Gasteiger partial charge in [0.2, 0.25) is 0 Å². The molecule has 0 aliphatic rings. The predicted molar refractivity (Wildman–Crippen MR) is 89.1 cm³/mol. The first-order valence-corrected chi connectivity index (χ1v) is 7.22. The first-order valence-electron chi connectivity index (χ1n) is 6.47. The number of aromatic hydroxyl groups is 1. The second kappa shape index (κ2) is 6.81. The topological polar surface area (TPSA) is 61.7 Å². The van der Waals surface area contributed by atoms with Crippen molar-refractivity contribution in [3.63, 3.8) is 0 Å². The van der Waals surface area contributed by atoms with Gasteiger partial charge in [0, 0.05) is 5.56 Å². The quantitative estimate of drug-likeness (QED) is 0.655. The SMILES string of the molecule is Cc1cc(C=NNC(=O)c2ccc(Cl)c(Cl)c2)cc(C)c1O. The molecule has 0 spiro atoms. The first kappa shape index (κ1) is 16.3. The monoisotopic (exact) mass is 336 g/mol. The highest BCUT2D eigenvalue weighted by Gasteiger charge is 2.07. The Hall–Kier alpha value is -2.04. The fourth-order valence-corrected chi connectivity index (χ4v) is 2.23. The number of aryl methyl sites for hydroxylation is 2. The minimum atomic E-state index is -0.387. The van der Waals surface area contributed by atoms with Gasteiger partial charge in [-0.2, -0.15) is 5.10 Å². The van der Waals surface area contributed by atoms with Crippen LogP contribution in [-0.2, 0) is 0 Å². The minimum absolute atomic E-state index is 0.261. The van der Waals surface area contributed by atoms with Crippen LogP contribution in [0, 0.1) is 13.8 Å². The number of carbonyl (C=O) groups is 1. The highest BCUT2D eigenvalue weighted by atomic mass is 35.5. The van der Waals surface area contributed by atoms with Crippen LogP contribution >= 0.6 is 23.2 Å². The molecule has 0 saturated carbocycles. The van der Waals surface area contributed by atoms with Crippen LogP contribution in [-0.4, -0.2) is 17.2 Å². The second-order valence-corrected chi connectivity index (χ2v) is 5.65. The molecule has 22 heavy (non-hydrogen) atoms. The summed E-state index contributed by atoms with van der Waals surface area (Å²) in [5.41, 5.74) is 5.05. The number of nitrogens with one attached hydrogen (secondary N) is 1. The van der Waals surface area contributed by atoms with E-state index in [2.05, 4.69) is 10.5 Å². The van der Waals surface area contributed by atoms with Crippen LogP contribution < -0.4 is 5.43 Å². The van der Waals surface area contributed by atoms with Gasteiger partial charge in [0.05, 0.1) is 16.3 Å². The van der Waals surface area contributed by atoms with E-state index in [9.17, 15) is 9.90 Å². The van der Waals surface area contributed by atoms with Gasteiger partial charge < -0.3 is 5.11 Å². The van der Waals surface area contributed by atoms with E-state index in [-0.39, 0.29) is 11.7 Å². The summed E-state index contributed by atoms with van der Waals surface area (Å²) >= 11 is 11.7. The van der Waals surface area contributed by atoms with Crippen LogP contribution in [0.25, 0.3) is 0 Å². The van der Waals surface area contributed by atoms with Crippen molar-refractivity contribution < 1.29 is 9.90 Å². The van der Waals surface area contributed by atoms with Crippen molar-refractivity contribution in [1.82, 2.24) is 5.43 Å². The van der Waals surface area contributed by atoms with Crippen molar-refractivity contribution in [1.29, 1.82) is 0 Å². The van der Waals surface area contributed by atoms with Gasteiger partial charge in [-0.25, -0.2) is 5.43 Å². The van der Waals surface area contributed by atoms with Crippen LogP contribution in [0.15, 0.2) is 35.4 Å². The summed E-state index contributed by atoms with van der Waals surface area (Å²) in [6.07, 6.45) is 1.51. The number of hydrazone groups is 1. The predicted octanol–water partition coefficient (Wildman–Crippen LogP) is 4.08. The molecule has 0 unspecified atom stereocenters. The number of amides is 1. The fourth-order valence-electron chi connectivity index (χ4n) is 1.93. The number of hydrogen-bond donors (Lipinski definition) is 2. The molecule has 2 aromatic carbocycles. The lowest BCUT2D eigenvalue weighted by Crippen LogP contribution is -2.17. The number of benzene rings is 2. The molecule has 2 aromatic rings. The molecule has 114 valence electrons. The Morgan fingerprint density at radius 1 is 1.14 bits per heavy atom. The highest BCUT2D eigenvalue weighted by molar-refractivity contribution is 6.42. The summed E-state index contributed by atoms with van der Waals surface area (Å²) in [6.45, 7) is 3.60. The molecule has 0 heterocycles. The molecule has 0 fully saturated rings. The average Bonchev–Trinajstić information content (AvgIpc) is 2.47. The maximum absolute atomic E-state index is 11.9. The van der Waals surface area contributed by atoms with E-state index >= 15 is 0 Å². The lowest BCUT2D eigenvalue weighted by molar-refractivity contribution is 0.0955. The third-order valence-corrected chi connectivity index (χ3v) is 3.81. The molecule has 2 N–H and O–H groups in total. The van der Waals surface area contributed by atoms with E-state index < -0.39 is 0 Å². The van der Waals surface area contributed by atoms with Gasteiger partial charge in [0.15, 0.2) is 0 Å². The Balaban J connectivity index is 2.09. The molecule has 6 heteroatoms. The van der Waals surface area contributed by atoms with Crippen LogP contribution in [0.2, 0.25) is 10.0 Å². The third-order valence-electron chi connectivity index (χ3n) is 3.07. The Morgan fingerprint density at radius 3 is 2.36 bits per heavy atom. The van der Waals surface area contributed by atoms with Crippen LogP contribution in [0.1, 0.15) is 27.0 Å². The Bertz CT molecular complexity index is 735. The van der Waals surface area contributed by atoms with Gasteiger partial charge in [0.25, 0.3) is 5.91 Å². The molecule has 0 aliphatic heterocycles. The van der Waals surface area contributed by atoms with Gasteiger partial charge in [0.1, 0.15) is 5.75 Å². The van der Waals surface area contributed by atoms with E-state index in [4.69, 9.17) is 23.2 Å². The Labute approximate surface area is 138 Å². The third kappa shape index (κ3) is 3.78. The molecule has 0 aromatic heterocycles. The summed E-state index contributed by atoms with van der Waals surface area (Å²) in [7, 11) is 0. The molecule has 0 aliphatic carbocycles. The van der Waals surface area contributed by atoms with Crippen LogP contribution in [0.5, 0.6) is 5.75 Å². The number of hydrogen-bond acceptors (Lipinski definition) is 3. The normalized spacial score (nSPS) is 10.9. The number of phenolic OH excluding ortho intramolecular Hbond substituents is 1. The number of rotatable bonds is 3. The first-order chi connectivity index (χ1) is 10.4. The van der Waals surface area contributed by atoms with E-state index in [0.29, 0.717) is 15.6 Å². The maximum Gasteiger partial charge on any atom is 0.271 e. The summed E-state index contributed by atoms with van der Waals surface area (Å²) in [5, 5.41) is 14.3. The van der Waals surface area contributed by atoms with Crippen molar-refractivity contribution in [3.8, 4) is 5.75 Å². The van der Waals surface area contributed by atoms with Crippen LogP contribution in [0.4, 0.5) is 0 Å². The molecule has 0 saturated heterocycles. The number of nitrogens with zero attached hydrogens (tertiary/aromatic N) is 1. The molecular weight excluding hydrogens is 323 g/mol. The molecule has 0 atom stereocenters. The lowest BCUT2D eigenvalue weighted by Gasteiger charge is -2.05. The standard InChI is InChI=1S/C16H14Cl2N2O2/c1-9-5-11(6-10(2)15(9)21)8-19-20-16(22)12-3-4-13(17)14(18)7-12/h3-8,21H,1-2H3,(H,20,22). The van der Waals surface area contributed by atoms with E-state index in [0.717, 1.165) is 16.7 Å². The van der Waals surface area contributed by atoms with Crippen molar-refractivity contribution >= 4 is 35.3 Å². The van der Waals surface area contributed by atoms with Crippen molar-refractivity contribution in [2.75, 3.05) is 0 Å². The molecule has 2 rings (SSSR count). The molecule has 0 radical (unpaired) electrons. The van der Waals surface area contributed by atoms with E-state index in [1.807, 2.05) is 0 Å². The minimum Gasteiger partial charge on any atom is -0.507 e. The Morgan fingerprint density at radius 2 is 1.77 bits per heavy atom. The highest BCUT2D eigenvalue weighted by Crippen LogP contribution is 2.23. The zero-order valence-electron chi connectivity index (χ0n) is 12.0. The average molecular weight is 337 g/mol. The van der Waals surface area contributed by atoms with E-state index in [1.54, 1.807) is 38.1 Å². The lowest BCUT2D eigenvalue weighted by atomic mass is 10.1. The van der Waals surface area contributed by atoms with Crippen molar-refractivity contribution in [2.24, 2.45) is 5.10 Å².